The molecule has 17 heavy (non-hydrogen) atoms. The summed E-state index contributed by atoms with van der Waals surface area (Å²) < 4.78 is 27.9. The molecule has 0 aliphatic rings. The molecule has 1 rings (SSSR count). The van der Waals surface area contributed by atoms with Crippen LogP contribution in [0.2, 0.25) is 0 Å². The second kappa shape index (κ2) is 6.02. The molecule has 7 heteroatoms. The third kappa shape index (κ3) is 3.44. The number of nitrogens with two attached hydrogens (primary N) is 1. The van der Waals surface area contributed by atoms with E-state index in [1.54, 1.807) is 6.08 Å². The molecule has 1 heterocycles. The Bertz CT molecular complexity index is 480. The number of rotatable bonds is 7. The molecule has 5 nitrogen and oxygen atoms in total. The van der Waals surface area contributed by atoms with Gasteiger partial charge in [-0.15, -0.1) is 6.58 Å². The van der Waals surface area contributed by atoms with E-state index in [1.165, 1.54) is 0 Å². The number of aromatic nitrogens is 1. The van der Waals surface area contributed by atoms with Crippen molar-refractivity contribution in [3.05, 3.63) is 12.7 Å². The van der Waals surface area contributed by atoms with Gasteiger partial charge in [0.15, 0.2) is 15.7 Å². The molecule has 1 aromatic rings. The predicted octanol–water partition coefficient (Wildman–Crippen LogP) is 1.90. The van der Waals surface area contributed by atoms with E-state index < -0.39 is 9.84 Å². The Morgan fingerprint density at radius 1 is 1.59 bits per heavy atom. The lowest BCUT2D eigenvalue weighted by Crippen LogP contribution is -2.10. The number of hydrogen-bond donors (Lipinski definition) is 2. The normalized spacial score (nSPS) is 11.4. The molecule has 0 bridgehead atoms. The first-order valence-corrected chi connectivity index (χ1v) is 7.78. The zero-order chi connectivity index (χ0) is 12.9. The molecule has 0 aliphatic carbocycles. The Labute approximate surface area is 106 Å². The summed E-state index contributed by atoms with van der Waals surface area (Å²) in [5.41, 5.74) is 5.62. The molecule has 0 unspecified atom stereocenters. The lowest BCUT2D eigenvalue weighted by molar-refractivity contribution is 0.595. The first-order chi connectivity index (χ1) is 8.03. The largest absolute Gasteiger partial charge is 0.382 e. The SMILES string of the molecule is C=CCCNc1snc(N)c1S(=O)(=O)CCC. The lowest BCUT2D eigenvalue weighted by Gasteiger charge is -2.06. The zero-order valence-corrected chi connectivity index (χ0v) is 11.4. The number of nitrogens with one attached hydrogen (secondary N) is 1. The second-order valence-corrected chi connectivity index (χ2v) is 6.37. The summed E-state index contributed by atoms with van der Waals surface area (Å²) in [6, 6.07) is 0. The van der Waals surface area contributed by atoms with Gasteiger partial charge in [0.25, 0.3) is 0 Å². The molecule has 0 radical (unpaired) electrons. The fraction of sp³-hybridized carbons (Fsp3) is 0.500. The predicted molar refractivity (Wildman–Crippen MR) is 72.2 cm³/mol. The van der Waals surface area contributed by atoms with Crippen LogP contribution in [0.3, 0.4) is 0 Å². The fourth-order valence-electron chi connectivity index (χ4n) is 1.37. The van der Waals surface area contributed by atoms with E-state index in [0.717, 1.165) is 18.0 Å². The summed E-state index contributed by atoms with van der Waals surface area (Å²) in [5.74, 6) is 0.177. The summed E-state index contributed by atoms with van der Waals surface area (Å²) in [7, 11) is -3.33. The lowest BCUT2D eigenvalue weighted by atomic mass is 10.4. The summed E-state index contributed by atoms with van der Waals surface area (Å²) >= 11 is 1.08. The number of anilines is 2. The van der Waals surface area contributed by atoms with E-state index in [4.69, 9.17) is 5.73 Å². The van der Waals surface area contributed by atoms with Crippen LogP contribution in [0.25, 0.3) is 0 Å². The van der Waals surface area contributed by atoms with E-state index >= 15 is 0 Å². The molecule has 0 saturated heterocycles. The van der Waals surface area contributed by atoms with Crippen LogP contribution in [-0.2, 0) is 9.84 Å². The molecule has 0 spiro atoms. The standard InChI is InChI=1S/C10H17N3O2S2/c1-3-5-6-12-10-8(9(11)13-16-10)17(14,15)7-4-2/h3,12H,1,4-7H2,2H3,(H2,11,13). The number of hydrogen-bond acceptors (Lipinski definition) is 6. The Morgan fingerprint density at radius 3 is 2.88 bits per heavy atom. The van der Waals surface area contributed by atoms with Gasteiger partial charge in [0.05, 0.1) is 5.75 Å². The maximum absolute atomic E-state index is 12.0. The molecule has 0 atom stereocenters. The van der Waals surface area contributed by atoms with Crippen LogP contribution in [0.5, 0.6) is 0 Å². The number of nitrogens with zero attached hydrogens (tertiary/aromatic N) is 1. The highest BCUT2D eigenvalue weighted by molar-refractivity contribution is 7.91. The number of nitrogen functional groups attached to an aromatic ring is 1. The second-order valence-electron chi connectivity index (χ2n) is 3.55. The van der Waals surface area contributed by atoms with Gasteiger partial charge in [-0.3, -0.25) is 0 Å². The molecule has 0 aromatic carbocycles. The highest BCUT2D eigenvalue weighted by Gasteiger charge is 2.24. The van der Waals surface area contributed by atoms with E-state index in [0.29, 0.717) is 18.0 Å². The third-order valence-corrected chi connectivity index (χ3v) is 5.02. The van der Waals surface area contributed by atoms with Crippen LogP contribution in [0.15, 0.2) is 17.6 Å². The van der Waals surface area contributed by atoms with Crippen molar-refractivity contribution >= 4 is 32.2 Å². The molecule has 0 fully saturated rings. The minimum absolute atomic E-state index is 0.0875. The molecule has 0 saturated carbocycles. The van der Waals surface area contributed by atoms with Gasteiger partial charge >= 0.3 is 0 Å². The first kappa shape index (κ1) is 14.0. The van der Waals surface area contributed by atoms with Gasteiger partial charge in [0.1, 0.15) is 9.90 Å². The minimum atomic E-state index is -3.33. The zero-order valence-electron chi connectivity index (χ0n) is 9.77. The Morgan fingerprint density at radius 2 is 2.29 bits per heavy atom. The number of sulfone groups is 1. The van der Waals surface area contributed by atoms with Crippen LogP contribution in [-0.4, -0.2) is 25.1 Å². The van der Waals surface area contributed by atoms with Gasteiger partial charge in [-0.1, -0.05) is 13.0 Å². The van der Waals surface area contributed by atoms with E-state index in [-0.39, 0.29) is 16.5 Å². The van der Waals surface area contributed by atoms with Gasteiger partial charge in [0, 0.05) is 6.54 Å². The smallest absolute Gasteiger partial charge is 0.185 e. The van der Waals surface area contributed by atoms with Crippen LogP contribution in [0.4, 0.5) is 10.8 Å². The van der Waals surface area contributed by atoms with E-state index in [2.05, 4.69) is 16.3 Å². The van der Waals surface area contributed by atoms with Crippen molar-refractivity contribution < 1.29 is 8.42 Å². The van der Waals surface area contributed by atoms with Crippen LogP contribution in [0.1, 0.15) is 19.8 Å². The van der Waals surface area contributed by atoms with E-state index in [9.17, 15) is 8.42 Å². The van der Waals surface area contributed by atoms with Crippen LogP contribution in [0, 0.1) is 0 Å². The van der Waals surface area contributed by atoms with Crippen molar-refractivity contribution in [2.75, 3.05) is 23.3 Å². The molecular formula is C10H17N3O2S2. The Hall–Kier alpha value is -1.08. The Kier molecular flexibility index (Phi) is 4.95. The molecule has 1 aromatic heterocycles. The maximum Gasteiger partial charge on any atom is 0.185 e. The first-order valence-electron chi connectivity index (χ1n) is 5.35. The van der Waals surface area contributed by atoms with Crippen molar-refractivity contribution in [1.29, 1.82) is 0 Å². The summed E-state index contributed by atoms with van der Waals surface area (Å²) in [4.78, 5) is 0.147. The van der Waals surface area contributed by atoms with Crippen LogP contribution < -0.4 is 11.1 Å². The molecular weight excluding hydrogens is 258 g/mol. The topological polar surface area (TPSA) is 85.1 Å². The van der Waals surface area contributed by atoms with Crippen molar-refractivity contribution in [3.63, 3.8) is 0 Å². The van der Waals surface area contributed by atoms with E-state index in [1.807, 2.05) is 6.92 Å². The molecule has 0 amide bonds. The van der Waals surface area contributed by atoms with Gasteiger partial charge in [-0.25, -0.2) is 8.42 Å². The van der Waals surface area contributed by atoms with Gasteiger partial charge in [-0.2, -0.15) is 4.37 Å². The summed E-state index contributed by atoms with van der Waals surface area (Å²) in [5, 5.41) is 3.55. The van der Waals surface area contributed by atoms with Gasteiger partial charge in [0.2, 0.25) is 0 Å². The summed E-state index contributed by atoms with van der Waals surface area (Å²) in [6.45, 7) is 6.05. The average molecular weight is 275 g/mol. The van der Waals surface area contributed by atoms with Gasteiger partial charge in [-0.05, 0) is 24.4 Å². The van der Waals surface area contributed by atoms with Gasteiger partial charge < -0.3 is 11.1 Å². The monoisotopic (exact) mass is 275 g/mol. The molecule has 0 aliphatic heterocycles. The fourth-order valence-corrected chi connectivity index (χ4v) is 4.01. The van der Waals surface area contributed by atoms with Crippen molar-refractivity contribution in [2.45, 2.75) is 24.7 Å². The minimum Gasteiger partial charge on any atom is -0.382 e. The quantitative estimate of drug-likeness (QED) is 0.586. The highest BCUT2D eigenvalue weighted by atomic mass is 32.2. The maximum atomic E-state index is 12.0. The average Bonchev–Trinajstić information content (AvgIpc) is 2.61. The van der Waals surface area contributed by atoms with Crippen molar-refractivity contribution in [1.82, 2.24) is 4.37 Å². The molecule has 96 valence electrons. The Balaban J connectivity index is 2.97. The highest BCUT2D eigenvalue weighted by Crippen LogP contribution is 2.32. The summed E-state index contributed by atoms with van der Waals surface area (Å²) in [6.07, 6.45) is 3.08. The third-order valence-electron chi connectivity index (χ3n) is 2.09. The van der Waals surface area contributed by atoms with Crippen molar-refractivity contribution in [2.24, 2.45) is 0 Å². The molecule has 3 N–H and O–H groups in total. The van der Waals surface area contributed by atoms with Crippen molar-refractivity contribution in [3.8, 4) is 0 Å². The van der Waals surface area contributed by atoms with Crippen LogP contribution >= 0.6 is 11.5 Å².